The number of hydrogen-bond acceptors (Lipinski definition) is 5. The lowest BCUT2D eigenvalue weighted by molar-refractivity contribution is -0.116. The first-order valence-corrected chi connectivity index (χ1v) is 7.02. The van der Waals surface area contributed by atoms with Crippen molar-refractivity contribution in [1.82, 2.24) is 0 Å². The first kappa shape index (κ1) is 16.3. The molecule has 2 aromatic rings. The van der Waals surface area contributed by atoms with E-state index in [1.165, 1.54) is 14.0 Å². The number of ether oxygens (including phenoxy) is 1. The maximum absolute atomic E-state index is 12.0. The van der Waals surface area contributed by atoms with Crippen molar-refractivity contribution >= 4 is 17.8 Å². The Morgan fingerprint density at radius 2 is 2.00 bits per heavy atom. The molecule has 0 aliphatic rings. The van der Waals surface area contributed by atoms with E-state index in [4.69, 9.17) is 4.42 Å². The maximum Gasteiger partial charge on any atom is 0.342 e. The molecular weight excluding hydrogens is 296 g/mol. The summed E-state index contributed by atoms with van der Waals surface area (Å²) in [6.45, 7) is 1.53. The van der Waals surface area contributed by atoms with Gasteiger partial charge in [0.15, 0.2) is 0 Å². The van der Waals surface area contributed by atoms with Gasteiger partial charge < -0.3 is 9.15 Å². The summed E-state index contributed by atoms with van der Waals surface area (Å²) in [4.78, 5) is 23.7. The van der Waals surface area contributed by atoms with Gasteiger partial charge in [-0.25, -0.2) is 4.79 Å². The third kappa shape index (κ3) is 3.77. The Hall–Kier alpha value is -3.07. The van der Waals surface area contributed by atoms with Crippen LogP contribution in [0.3, 0.4) is 0 Å². The van der Waals surface area contributed by atoms with E-state index in [9.17, 15) is 14.9 Å². The molecule has 1 heterocycles. The second kappa shape index (κ2) is 7.27. The summed E-state index contributed by atoms with van der Waals surface area (Å²) in [5, 5.41) is 11.7. The third-order valence-electron chi connectivity index (χ3n) is 3.32. The number of aryl methyl sites for hydroxylation is 2. The molecule has 1 aromatic carbocycles. The number of anilines is 1. The van der Waals surface area contributed by atoms with Crippen LogP contribution in [0.4, 0.5) is 5.88 Å². The van der Waals surface area contributed by atoms with Crippen LogP contribution < -0.4 is 5.32 Å². The number of methoxy groups -OCH3 is 1. The fraction of sp³-hybridized carbons (Fsp3) is 0.235. The number of benzene rings is 1. The Morgan fingerprint density at radius 1 is 1.30 bits per heavy atom. The van der Waals surface area contributed by atoms with E-state index in [2.05, 4.69) is 10.1 Å². The Balaban J connectivity index is 2.09. The van der Waals surface area contributed by atoms with Crippen LogP contribution in [-0.2, 0) is 16.0 Å². The van der Waals surface area contributed by atoms with Crippen molar-refractivity contribution in [3.63, 3.8) is 0 Å². The molecule has 0 unspecified atom stereocenters. The SMILES string of the molecule is COC(=O)c1c(C)oc(NC(=O)CCc2ccccc2)c1C#N. The Bertz CT molecular complexity index is 757. The molecule has 0 fully saturated rings. The number of nitrogens with zero attached hydrogens (tertiary/aromatic N) is 1. The van der Waals surface area contributed by atoms with Gasteiger partial charge >= 0.3 is 5.97 Å². The van der Waals surface area contributed by atoms with E-state index < -0.39 is 5.97 Å². The Labute approximate surface area is 133 Å². The van der Waals surface area contributed by atoms with E-state index in [-0.39, 0.29) is 35.1 Å². The third-order valence-corrected chi connectivity index (χ3v) is 3.32. The smallest absolute Gasteiger partial charge is 0.342 e. The summed E-state index contributed by atoms with van der Waals surface area (Å²) >= 11 is 0. The topological polar surface area (TPSA) is 92.3 Å². The van der Waals surface area contributed by atoms with Crippen molar-refractivity contribution in [1.29, 1.82) is 5.26 Å². The summed E-state index contributed by atoms with van der Waals surface area (Å²) in [6, 6.07) is 11.4. The van der Waals surface area contributed by atoms with Gasteiger partial charge in [-0.1, -0.05) is 30.3 Å². The minimum atomic E-state index is -0.674. The lowest BCUT2D eigenvalue weighted by Crippen LogP contribution is -2.13. The van der Waals surface area contributed by atoms with E-state index >= 15 is 0 Å². The fourth-order valence-electron chi connectivity index (χ4n) is 2.18. The highest BCUT2D eigenvalue weighted by molar-refractivity contribution is 5.98. The van der Waals surface area contributed by atoms with Crippen LogP contribution in [0, 0.1) is 18.3 Å². The number of carbonyl (C=O) groups is 2. The van der Waals surface area contributed by atoms with Gasteiger partial charge in [-0.15, -0.1) is 0 Å². The van der Waals surface area contributed by atoms with Crippen molar-refractivity contribution in [2.24, 2.45) is 0 Å². The summed E-state index contributed by atoms with van der Waals surface area (Å²) in [5.74, 6) is -0.765. The average molecular weight is 312 g/mol. The van der Waals surface area contributed by atoms with Crippen LogP contribution in [0.1, 0.15) is 33.7 Å². The van der Waals surface area contributed by atoms with Crippen molar-refractivity contribution in [2.45, 2.75) is 19.8 Å². The van der Waals surface area contributed by atoms with E-state index in [0.29, 0.717) is 6.42 Å². The molecule has 0 saturated heterocycles. The largest absolute Gasteiger partial charge is 0.465 e. The number of rotatable bonds is 5. The standard InChI is InChI=1S/C17H16N2O4/c1-11-15(17(21)22-2)13(10-18)16(23-11)19-14(20)9-8-12-6-4-3-5-7-12/h3-7H,8-9H2,1-2H3,(H,19,20). The number of hydrogen-bond donors (Lipinski definition) is 1. The Kier molecular flexibility index (Phi) is 5.15. The van der Waals surface area contributed by atoms with Crippen molar-refractivity contribution in [3.05, 3.63) is 52.8 Å². The molecule has 0 aliphatic heterocycles. The van der Waals surface area contributed by atoms with Gasteiger partial charge in [0, 0.05) is 6.42 Å². The Morgan fingerprint density at radius 3 is 2.61 bits per heavy atom. The first-order valence-electron chi connectivity index (χ1n) is 7.02. The zero-order chi connectivity index (χ0) is 16.8. The van der Waals surface area contributed by atoms with Crippen molar-refractivity contribution in [3.8, 4) is 6.07 Å². The summed E-state index contributed by atoms with van der Waals surface area (Å²) in [6.07, 6.45) is 0.806. The van der Waals surface area contributed by atoms with Crippen LogP contribution in [-0.4, -0.2) is 19.0 Å². The predicted octanol–water partition coefficient (Wildman–Crippen LogP) is 2.82. The molecule has 1 N–H and O–H groups in total. The average Bonchev–Trinajstić information content (AvgIpc) is 2.88. The predicted molar refractivity (Wildman–Crippen MR) is 82.9 cm³/mol. The molecule has 6 nitrogen and oxygen atoms in total. The van der Waals surface area contributed by atoms with Gasteiger partial charge in [0.25, 0.3) is 0 Å². The molecule has 1 aromatic heterocycles. The number of nitrogens with one attached hydrogen (secondary N) is 1. The minimum Gasteiger partial charge on any atom is -0.465 e. The lowest BCUT2D eigenvalue weighted by Gasteiger charge is -2.03. The number of esters is 1. The molecule has 23 heavy (non-hydrogen) atoms. The van der Waals surface area contributed by atoms with Crippen LogP contribution in [0.15, 0.2) is 34.7 Å². The molecule has 6 heteroatoms. The monoisotopic (exact) mass is 312 g/mol. The molecule has 0 radical (unpaired) electrons. The molecule has 0 saturated carbocycles. The number of nitriles is 1. The maximum atomic E-state index is 12.0. The molecule has 0 bridgehead atoms. The van der Waals surface area contributed by atoms with E-state index in [1.807, 2.05) is 36.4 Å². The second-order valence-electron chi connectivity index (χ2n) is 4.87. The summed E-state index contributed by atoms with van der Waals surface area (Å²) < 4.78 is 9.95. The van der Waals surface area contributed by atoms with Gasteiger partial charge in [0.05, 0.1) is 7.11 Å². The summed E-state index contributed by atoms with van der Waals surface area (Å²) in [5.41, 5.74) is 1.05. The van der Waals surface area contributed by atoms with Crippen LogP contribution in [0.25, 0.3) is 0 Å². The number of amides is 1. The highest BCUT2D eigenvalue weighted by Crippen LogP contribution is 2.27. The van der Waals surface area contributed by atoms with Gasteiger partial charge in [-0.3, -0.25) is 10.1 Å². The minimum absolute atomic E-state index is 0.0246. The van der Waals surface area contributed by atoms with E-state index in [0.717, 1.165) is 5.56 Å². The highest BCUT2D eigenvalue weighted by atomic mass is 16.5. The molecular formula is C17H16N2O4. The van der Waals surface area contributed by atoms with Gasteiger partial charge in [-0.05, 0) is 18.9 Å². The fourth-order valence-corrected chi connectivity index (χ4v) is 2.18. The van der Waals surface area contributed by atoms with Crippen molar-refractivity contribution in [2.75, 3.05) is 12.4 Å². The van der Waals surface area contributed by atoms with Crippen LogP contribution in [0.5, 0.6) is 0 Å². The van der Waals surface area contributed by atoms with E-state index in [1.54, 1.807) is 0 Å². The van der Waals surface area contributed by atoms with Gasteiger partial charge in [0.1, 0.15) is 23.0 Å². The van der Waals surface area contributed by atoms with Crippen LogP contribution >= 0.6 is 0 Å². The summed E-state index contributed by atoms with van der Waals surface area (Å²) in [7, 11) is 1.22. The first-order chi connectivity index (χ1) is 11.1. The molecule has 2 rings (SSSR count). The number of carbonyl (C=O) groups excluding carboxylic acids is 2. The quantitative estimate of drug-likeness (QED) is 0.857. The van der Waals surface area contributed by atoms with Crippen LogP contribution in [0.2, 0.25) is 0 Å². The molecule has 0 aliphatic carbocycles. The van der Waals surface area contributed by atoms with Gasteiger partial charge in [0.2, 0.25) is 11.8 Å². The zero-order valence-corrected chi connectivity index (χ0v) is 12.9. The second-order valence-corrected chi connectivity index (χ2v) is 4.87. The molecule has 118 valence electrons. The zero-order valence-electron chi connectivity index (χ0n) is 12.9. The van der Waals surface area contributed by atoms with Gasteiger partial charge in [-0.2, -0.15) is 5.26 Å². The molecule has 1 amide bonds. The normalized spacial score (nSPS) is 9.96. The molecule has 0 atom stereocenters. The highest BCUT2D eigenvalue weighted by Gasteiger charge is 2.25. The number of furan rings is 1. The molecule has 0 spiro atoms. The van der Waals surface area contributed by atoms with Crippen molar-refractivity contribution < 1.29 is 18.7 Å². The lowest BCUT2D eigenvalue weighted by atomic mass is 10.1.